The van der Waals surface area contributed by atoms with Crippen molar-refractivity contribution in [2.45, 2.75) is 96.1 Å². The number of amides is 2. The van der Waals surface area contributed by atoms with E-state index >= 15 is 0 Å². The molecule has 0 aliphatic carbocycles. The van der Waals surface area contributed by atoms with Crippen molar-refractivity contribution in [3.8, 4) is 0 Å². The molecule has 0 radical (unpaired) electrons. The third-order valence-corrected chi connectivity index (χ3v) is 5.72. The minimum Gasteiger partial charge on any atom is -0.468 e. The van der Waals surface area contributed by atoms with Gasteiger partial charge in [-0.2, -0.15) is 9.59 Å². The van der Waals surface area contributed by atoms with E-state index < -0.39 is 4.32 Å². The molecule has 12 nitrogen and oxygen atoms in total. The first-order valence-corrected chi connectivity index (χ1v) is 14.0. The third kappa shape index (κ3) is 20.4. The van der Waals surface area contributed by atoms with E-state index in [1.807, 2.05) is 13.8 Å². The number of carbonyl (C=O) groups is 3. The standard InChI is InChI=1S/C12H24N2O2.C8H16N2O2.C5H9BrO2.CO2/c1-5-16-11(15)14-8-6-10(7-9-14)13-12(2,3)4;1-2-12-8(11)10-5-3-7(9)4-6-10;1-5(2,6)4(7)8-3;2-1-3/h10,13H,5-9H2,1-4H3;7H,2-6,9H2,1H3;1-3H3;. The lowest BCUT2D eigenvalue weighted by Gasteiger charge is -2.35. The number of rotatable bonds is 4. The van der Waals surface area contributed by atoms with E-state index in [1.165, 1.54) is 7.11 Å². The fourth-order valence-electron chi connectivity index (χ4n) is 3.57. The summed E-state index contributed by atoms with van der Waals surface area (Å²) in [5.74, 6) is -0.252. The predicted octanol–water partition coefficient (Wildman–Crippen LogP) is 3.31. The van der Waals surface area contributed by atoms with Crippen LogP contribution in [0.2, 0.25) is 0 Å². The fourth-order valence-corrected chi connectivity index (χ4v) is 3.73. The second-order valence-corrected chi connectivity index (χ2v) is 12.4. The molecule has 0 aromatic rings. The Bertz CT molecular complexity index is 733. The topological polar surface area (TPSA) is 158 Å². The maximum absolute atomic E-state index is 11.5. The average molecular weight is 626 g/mol. The molecule has 2 fully saturated rings. The molecule has 2 aliphatic heterocycles. The van der Waals surface area contributed by atoms with Gasteiger partial charge in [0.15, 0.2) is 0 Å². The zero-order chi connectivity index (χ0) is 30.6. The smallest absolute Gasteiger partial charge is 0.409 e. The van der Waals surface area contributed by atoms with Crippen LogP contribution in [0.4, 0.5) is 9.59 Å². The Kier molecular flexibility index (Phi) is 20.6. The average Bonchev–Trinajstić information content (AvgIpc) is 2.84. The first kappa shape index (κ1) is 38.9. The number of esters is 1. The van der Waals surface area contributed by atoms with Gasteiger partial charge in [0.1, 0.15) is 4.32 Å². The molecule has 2 saturated heterocycles. The van der Waals surface area contributed by atoms with E-state index in [2.05, 4.69) is 46.8 Å². The van der Waals surface area contributed by atoms with Crippen LogP contribution in [0, 0.1) is 0 Å². The third-order valence-electron chi connectivity index (χ3n) is 5.39. The predicted molar refractivity (Wildman–Crippen MR) is 150 cm³/mol. The second kappa shape index (κ2) is 20.7. The molecule has 13 heteroatoms. The Morgan fingerprint density at radius 3 is 1.49 bits per heavy atom. The van der Waals surface area contributed by atoms with Gasteiger partial charge in [-0.25, -0.2) is 9.59 Å². The van der Waals surface area contributed by atoms with Crippen LogP contribution in [-0.4, -0.2) is 103 Å². The molecule has 0 spiro atoms. The fraction of sp³-hybridized carbons (Fsp3) is 0.846. The summed E-state index contributed by atoms with van der Waals surface area (Å²) in [6.07, 6.45) is 3.67. The van der Waals surface area contributed by atoms with Crippen LogP contribution in [0.15, 0.2) is 0 Å². The molecule has 2 amide bonds. The normalized spacial score (nSPS) is 16.1. The molecule has 2 aliphatic rings. The molecule has 3 N–H and O–H groups in total. The summed E-state index contributed by atoms with van der Waals surface area (Å²) in [6.45, 7) is 17.6. The minimum absolute atomic E-state index is 0.150. The maximum atomic E-state index is 11.5. The van der Waals surface area contributed by atoms with Gasteiger partial charge in [0.25, 0.3) is 0 Å². The van der Waals surface area contributed by atoms with Crippen LogP contribution in [-0.2, 0) is 28.6 Å². The highest BCUT2D eigenvalue weighted by molar-refractivity contribution is 9.10. The highest BCUT2D eigenvalue weighted by atomic mass is 79.9. The van der Waals surface area contributed by atoms with Crippen molar-refractivity contribution in [3.63, 3.8) is 0 Å². The van der Waals surface area contributed by atoms with Gasteiger partial charge < -0.3 is 35.1 Å². The Hall–Kier alpha value is -2.21. The Labute approximate surface area is 241 Å². The molecule has 0 atom stereocenters. The number of alkyl halides is 1. The lowest BCUT2D eigenvalue weighted by atomic mass is 10.0. The van der Waals surface area contributed by atoms with Gasteiger partial charge in [-0.05, 0) is 74.1 Å². The summed E-state index contributed by atoms with van der Waals surface area (Å²) in [5.41, 5.74) is 5.84. The Morgan fingerprint density at radius 2 is 1.23 bits per heavy atom. The van der Waals surface area contributed by atoms with E-state index in [9.17, 15) is 14.4 Å². The Balaban J connectivity index is 0. The van der Waals surface area contributed by atoms with Crippen LogP contribution in [0.1, 0.15) is 74.1 Å². The van der Waals surface area contributed by atoms with Crippen molar-refractivity contribution in [1.82, 2.24) is 15.1 Å². The summed E-state index contributed by atoms with van der Waals surface area (Å²) in [4.78, 5) is 53.0. The molecule has 0 bridgehead atoms. The SMILES string of the molecule is CCOC(=O)N1CCC(N)CC1.CCOC(=O)N1CCC(NC(C)(C)C)CC1.COC(=O)C(C)(C)Br.O=C=O. The number of nitrogens with zero attached hydrogens (tertiary/aromatic N) is 2. The van der Waals surface area contributed by atoms with Gasteiger partial charge >= 0.3 is 24.3 Å². The Morgan fingerprint density at radius 1 is 0.872 bits per heavy atom. The number of ether oxygens (including phenoxy) is 3. The second-order valence-electron chi connectivity index (χ2n) is 10.4. The van der Waals surface area contributed by atoms with Crippen LogP contribution in [0.5, 0.6) is 0 Å². The van der Waals surface area contributed by atoms with E-state index in [-0.39, 0.29) is 35.9 Å². The zero-order valence-electron chi connectivity index (χ0n) is 24.8. The monoisotopic (exact) mass is 624 g/mol. The number of carbonyl (C=O) groups excluding carboxylic acids is 5. The molecule has 0 aromatic carbocycles. The molecule has 0 aromatic heterocycles. The molecule has 0 unspecified atom stereocenters. The van der Waals surface area contributed by atoms with Gasteiger partial charge in [-0.3, -0.25) is 4.79 Å². The summed E-state index contributed by atoms with van der Waals surface area (Å²) in [7, 11) is 1.37. The number of hydrogen-bond acceptors (Lipinski definition) is 10. The molecule has 228 valence electrons. The minimum atomic E-state index is -0.540. The van der Waals surface area contributed by atoms with Gasteiger partial charge in [0.2, 0.25) is 0 Å². The summed E-state index contributed by atoms with van der Waals surface area (Å²) >= 11 is 3.13. The lowest BCUT2D eigenvalue weighted by molar-refractivity contribution is -0.191. The van der Waals surface area contributed by atoms with Crippen LogP contribution < -0.4 is 11.1 Å². The summed E-state index contributed by atoms with van der Waals surface area (Å²) in [5, 5.41) is 3.57. The van der Waals surface area contributed by atoms with Gasteiger partial charge in [0, 0.05) is 43.8 Å². The van der Waals surface area contributed by atoms with E-state index in [0.717, 1.165) is 51.9 Å². The molecule has 39 heavy (non-hydrogen) atoms. The highest BCUT2D eigenvalue weighted by Gasteiger charge is 2.26. The molecule has 0 saturated carbocycles. The van der Waals surface area contributed by atoms with E-state index in [0.29, 0.717) is 19.3 Å². The quantitative estimate of drug-likeness (QED) is 0.270. The van der Waals surface area contributed by atoms with Crippen molar-refractivity contribution in [2.75, 3.05) is 46.5 Å². The van der Waals surface area contributed by atoms with Crippen LogP contribution in [0.25, 0.3) is 0 Å². The molecule has 2 heterocycles. The van der Waals surface area contributed by atoms with E-state index in [4.69, 9.17) is 24.8 Å². The van der Waals surface area contributed by atoms with E-state index in [1.54, 1.807) is 23.6 Å². The number of methoxy groups -OCH3 is 1. The van der Waals surface area contributed by atoms with Gasteiger partial charge in [0.05, 0.1) is 20.3 Å². The van der Waals surface area contributed by atoms with Gasteiger partial charge in [-0.15, -0.1) is 0 Å². The van der Waals surface area contributed by atoms with Crippen LogP contribution >= 0.6 is 15.9 Å². The van der Waals surface area contributed by atoms with Crippen molar-refractivity contribution in [2.24, 2.45) is 5.73 Å². The number of halogens is 1. The summed E-state index contributed by atoms with van der Waals surface area (Å²) in [6, 6.07) is 0.779. The zero-order valence-corrected chi connectivity index (χ0v) is 26.4. The van der Waals surface area contributed by atoms with Crippen molar-refractivity contribution in [1.29, 1.82) is 0 Å². The van der Waals surface area contributed by atoms with Gasteiger partial charge in [-0.1, -0.05) is 15.9 Å². The number of piperidine rings is 2. The first-order valence-electron chi connectivity index (χ1n) is 13.2. The number of nitrogens with one attached hydrogen (secondary N) is 1. The van der Waals surface area contributed by atoms with Crippen LogP contribution in [0.3, 0.4) is 0 Å². The molecule has 2 rings (SSSR count). The number of nitrogens with two attached hydrogens (primary N) is 1. The maximum Gasteiger partial charge on any atom is 0.409 e. The largest absolute Gasteiger partial charge is 0.468 e. The van der Waals surface area contributed by atoms with Crippen molar-refractivity contribution < 1.29 is 38.2 Å². The van der Waals surface area contributed by atoms with Crippen molar-refractivity contribution in [3.05, 3.63) is 0 Å². The first-order chi connectivity index (χ1) is 18.1. The highest BCUT2D eigenvalue weighted by Crippen LogP contribution is 2.16. The molecular weight excluding hydrogens is 576 g/mol. The van der Waals surface area contributed by atoms with Crippen molar-refractivity contribution >= 4 is 40.2 Å². The number of likely N-dealkylation sites (tertiary alicyclic amines) is 2. The number of hydrogen-bond donors (Lipinski definition) is 2. The summed E-state index contributed by atoms with van der Waals surface area (Å²) < 4.78 is 13.7. The molecular formula is C26H49BrN4O8. The lowest BCUT2D eigenvalue weighted by Crippen LogP contribution is -2.50.